The summed E-state index contributed by atoms with van der Waals surface area (Å²) in [5, 5.41) is 0.140. The van der Waals surface area contributed by atoms with E-state index < -0.39 is 11.2 Å². The molecule has 1 aromatic heterocycles. The van der Waals surface area contributed by atoms with Gasteiger partial charge < -0.3 is 4.74 Å². The fourth-order valence-electron chi connectivity index (χ4n) is 2.18. The average Bonchev–Trinajstić information content (AvgIpc) is 2.65. The largest absolute Gasteiger partial charge is 0.379 e. The van der Waals surface area contributed by atoms with Crippen LogP contribution < -0.4 is 11.2 Å². The van der Waals surface area contributed by atoms with Crippen LogP contribution in [0.25, 0.3) is 0 Å². The highest BCUT2D eigenvalue weighted by atomic mass is 35.5. The van der Waals surface area contributed by atoms with E-state index >= 15 is 0 Å². The van der Waals surface area contributed by atoms with E-state index in [9.17, 15) is 9.59 Å². The van der Waals surface area contributed by atoms with Crippen molar-refractivity contribution in [1.82, 2.24) is 9.55 Å². The molecule has 94 valence electrons. The maximum atomic E-state index is 12.2. The standard InChI is InChI=1S/C11H15ClN2O3/c1-3-7-8(12)13-10(16)14(9(7)15)11(2)4-5-17-6-11/h3-6H2,1-2H3,(H,13,16). The van der Waals surface area contributed by atoms with Gasteiger partial charge in [-0.3, -0.25) is 14.3 Å². The highest BCUT2D eigenvalue weighted by Gasteiger charge is 2.35. The zero-order valence-electron chi connectivity index (χ0n) is 9.88. The van der Waals surface area contributed by atoms with Gasteiger partial charge in [0.1, 0.15) is 5.15 Å². The Balaban J connectivity index is 2.70. The van der Waals surface area contributed by atoms with E-state index in [-0.39, 0.29) is 10.7 Å². The van der Waals surface area contributed by atoms with Crippen molar-refractivity contribution in [2.45, 2.75) is 32.2 Å². The SMILES string of the molecule is CCc1c(Cl)[nH]c(=O)n(C2(C)CCOC2)c1=O. The molecular formula is C11H15ClN2O3. The summed E-state index contributed by atoms with van der Waals surface area (Å²) >= 11 is 5.86. The van der Waals surface area contributed by atoms with Crippen LogP contribution >= 0.6 is 11.6 Å². The lowest BCUT2D eigenvalue weighted by atomic mass is 10.0. The van der Waals surface area contributed by atoms with Gasteiger partial charge in [0.15, 0.2) is 0 Å². The second-order valence-corrected chi connectivity index (χ2v) is 4.89. The van der Waals surface area contributed by atoms with Crippen molar-refractivity contribution < 1.29 is 4.74 Å². The molecule has 0 bridgehead atoms. The van der Waals surface area contributed by atoms with Gasteiger partial charge >= 0.3 is 5.69 Å². The molecule has 1 N–H and O–H groups in total. The van der Waals surface area contributed by atoms with Crippen LogP contribution in [0.2, 0.25) is 5.15 Å². The van der Waals surface area contributed by atoms with Crippen molar-refractivity contribution in [3.8, 4) is 0 Å². The van der Waals surface area contributed by atoms with Crippen molar-refractivity contribution in [2.75, 3.05) is 13.2 Å². The van der Waals surface area contributed by atoms with Gasteiger partial charge in [-0.25, -0.2) is 4.79 Å². The Morgan fingerprint density at radius 1 is 1.53 bits per heavy atom. The van der Waals surface area contributed by atoms with Crippen molar-refractivity contribution in [1.29, 1.82) is 0 Å². The summed E-state index contributed by atoms with van der Waals surface area (Å²) in [6.07, 6.45) is 1.14. The average molecular weight is 259 g/mol. The monoisotopic (exact) mass is 258 g/mol. The Bertz CT molecular complexity index is 541. The first kappa shape index (κ1) is 12.4. The molecule has 1 aliphatic rings. The van der Waals surface area contributed by atoms with E-state index in [1.165, 1.54) is 4.57 Å². The number of hydrogen-bond acceptors (Lipinski definition) is 3. The molecule has 0 aromatic carbocycles. The molecule has 17 heavy (non-hydrogen) atoms. The third-order valence-electron chi connectivity index (χ3n) is 3.24. The molecule has 1 fully saturated rings. The first-order chi connectivity index (χ1) is 7.99. The Morgan fingerprint density at radius 2 is 2.24 bits per heavy atom. The smallest absolute Gasteiger partial charge is 0.330 e. The summed E-state index contributed by atoms with van der Waals surface area (Å²) in [5.74, 6) is 0. The Morgan fingerprint density at radius 3 is 2.76 bits per heavy atom. The van der Waals surface area contributed by atoms with E-state index in [1.807, 2.05) is 13.8 Å². The van der Waals surface area contributed by atoms with Gasteiger partial charge in [-0.15, -0.1) is 0 Å². The van der Waals surface area contributed by atoms with Gasteiger partial charge in [-0.05, 0) is 19.8 Å². The lowest BCUT2D eigenvalue weighted by Crippen LogP contribution is -2.49. The molecule has 1 aliphatic heterocycles. The molecule has 1 atom stereocenters. The van der Waals surface area contributed by atoms with Crippen LogP contribution in [0.3, 0.4) is 0 Å². The molecule has 5 nitrogen and oxygen atoms in total. The quantitative estimate of drug-likeness (QED) is 0.802. The minimum absolute atomic E-state index is 0.140. The van der Waals surface area contributed by atoms with E-state index in [1.54, 1.807) is 0 Å². The van der Waals surface area contributed by atoms with Gasteiger partial charge in [0, 0.05) is 6.61 Å². The Kier molecular flexibility index (Phi) is 3.14. The molecular weight excluding hydrogens is 244 g/mol. The Hall–Kier alpha value is -1.07. The summed E-state index contributed by atoms with van der Waals surface area (Å²) in [6.45, 7) is 4.62. The molecule has 0 radical (unpaired) electrons. The summed E-state index contributed by atoms with van der Waals surface area (Å²) in [5.41, 5.74) is -0.905. The summed E-state index contributed by atoms with van der Waals surface area (Å²) < 4.78 is 6.52. The maximum Gasteiger partial charge on any atom is 0.330 e. The number of rotatable bonds is 2. The molecule has 0 aliphatic carbocycles. The molecule has 0 spiro atoms. The molecule has 1 aromatic rings. The molecule has 1 saturated heterocycles. The normalized spacial score (nSPS) is 24.2. The summed E-state index contributed by atoms with van der Waals surface area (Å²) in [7, 11) is 0. The summed E-state index contributed by atoms with van der Waals surface area (Å²) in [6, 6.07) is 0. The molecule has 6 heteroatoms. The van der Waals surface area contributed by atoms with Crippen molar-refractivity contribution in [3.63, 3.8) is 0 Å². The predicted octanol–water partition coefficient (Wildman–Crippen LogP) is 0.888. The van der Waals surface area contributed by atoms with Crippen LogP contribution in [0.5, 0.6) is 0 Å². The van der Waals surface area contributed by atoms with E-state index in [4.69, 9.17) is 16.3 Å². The Labute approximate surface area is 103 Å². The van der Waals surface area contributed by atoms with Gasteiger partial charge in [0.05, 0.1) is 17.7 Å². The number of ether oxygens (including phenoxy) is 1. The number of nitrogens with one attached hydrogen (secondary N) is 1. The van der Waals surface area contributed by atoms with Gasteiger partial charge in [0.2, 0.25) is 0 Å². The molecule has 2 heterocycles. The van der Waals surface area contributed by atoms with Crippen molar-refractivity contribution in [2.24, 2.45) is 0 Å². The molecule has 2 rings (SSSR count). The maximum absolute atomic E-state index is 12.2. The van der Waals surface area contributed by atoms with Crippen LogP contribution in [0, 0.1) is 0 Å². The number of hydrogen-bond donors (Lipinski definition) is 1. The number of nitrogens with zero attached hydrogens (tertiary/aromatic N) is 1. The van der Waals surface area contributed by atoms with Gasteiger partial charge in [-0.1, -0.05) is 18.5 Å². The molecule has 1 unspecified atom stereocenters. The zero-order valence-corrected chi connectivity index (χ0v) is 10.6. The van der Waals surface area contributed by atoms with Crippen LogP contribution in [0.4, 0.5) is 0 Å². The first-order valence-electron chi connectivity index (χ1n) is 5.61. The van der Waals surface area contributed by atoms with Gasteiger partial charge in [0.25, 0.3) is 5.56 Å². The van der Waals surface area contributed by atoms with Crippen LogP contribution in [-0.2, 0) is 16.7 Å². The minimum atomic E-state index is -0.570. The second kappa shape index (κ2) is 4.31. The highest BCUT2D eigenvalue weighted by Crippen LogP contribution is 2.24. The number of halogens is 1. The highest BCUT2D eigenvalue weighted by molar-refractivity contribution is 6.30. The third-order valence-corrected chi connectivity index (χ3v) is 3.56. The van der Waals surface area contributed by atoms with E-state index in [0.29, 0.717) is 31.6 Å². The number of H-pyrrole nitrogens is 1. The fraction of sp³-hybridized carbons (Fsp3) is 0.636. The second-order valence-electron chi connectivity index (χ2n) is 4.52. The zero-order chi connectivity index (χ0) is 12.6. The molecule has 0 amide bonds. The topological polar surface area (TPSA) is 64.1 Å². The van der Waals surface area contributed by atoms with E-state index in [0.717, 1.165) is 0 Å². The predicted molar refractivity (Wildman–Crippen MR) is 64.8 cm³/mol. The van der Waals surface area contributed by atoms with E-state index in [2.05, 4.69) is 4.98 Å². The number of aromatic nitrogens is 2. The van der Waals surface area contributed by atoms with Crippen LogP contribution in [0.1, 0.15) is 25.8 Å². The fourth-order valence-corrected chi connectivity index (χ4v) is 2.47. The number of aromatic amines is 1. The lowest BCUT2D eigenvalue weighted by molar-refractivity contribution is 0.157. The van der Waals surface area contributed by atoms with Crippen molar-refractivity contribution >= 4 is 11.6 Å². The summed E-state index contributed by atoms with van der Waals surface area (Å²) in [4.78, 5) is 26.6. The van der Waals surface area contributed by atoms with Crippen LogP contribution in [-0.4, -0.2) is 22.8 Å². The van der Waals surface area contributed by atoms with Crippen LogP contribution in [0.15, 0.2) is 9.59 Å². The first-order valence-corrected chi connectivity index (χ1v) is 5.99. The third kappa shape index (κ3) is 1.93. The van der Waals surface area contributed by atoms with Crippen molar-refractivity contribution in [3.05, 3.63) is 31.6 Å². The lowest BCUT2D eigenvalue weighted by Gasteiger charge is -2.24. The molecule has 0 saturated carbocycles. The van der Waals surface area contributed by atoms with Gasteiger partial charge in [-0.2, -0.15) is 0 Å². The minimum Gasteiger partial charge on any atom is -0.379 e.